The van der Waals surface area contributed by atoms with Crippen LogP contribution in [0.2, 0.25) is 0 Å². The second-order valence-electron chi connectivity index (χ2n) is 11.7. The molecule has 0 bridgehead atoms. The third-order valence-electron chi connectivity index (χ3n) is 7.39. The number of carboxylic acid groups (broad SMARTS) is 1. The van der Waals surface area contributed by atoms with Crippen LogP contribution < -0.4 is 4.90 Å². The van der Waals surface area contributed by atoms with Crippen molar-refractivity contribution in [3.63, 3.8) is 0 Å². The highest BCUT2D eigenvalue weighted by molar-refractivity contribution is 7.99. The predicted molar refractivity (Wildman–Crippen MR) is 151 cm³/mol. The van der Waals surface area contributed by atoms with Gasteiger partial charge in [0.25, 0.3) is 0 Å². The number of imidazole rings is 1. The molecule has 6 nitrogen and oxygen atoms in total. The predicted octanol–water partition coefficient (Wildman–Crippen LogP) is 6.84. The average Bonchev–Trinajstić information content (AvgIpc) is 3.45. The standard InChI is InChI=1S/C29H39N3O3S2/c1-19-6-8-20(9-7-19)26(33)32(21-10-12-22(13-11-21)37-28-30-16-17-31(28)5)24-18-23(14-15-29(2,3)4)36-25(24)27(34)35/h16-22H,6-13H2,1-5H3,(H,34,35). The van der Waals surface area contributed by atoms with Gasteiger partial charge in [0.1, 0.15) is 4.88 Å². The van der Waals surface area contributed by atoms with Crippen LogP contribution in [0.5, 0.6) is 0 Å². The summed E-state index contributed by atoms with van der Waals surface area (Å²) in [7, 11) is 2.01. The summed E-state index contributed by atoms with van der Waals surface area (Å²) in [5.41, 5.74) is 0.352. The van der Waals surface area contributed by atoms with Gasteiger partial charge in [0.15, 0.2) is 5.16 Å². The second kappa shape index (κ2) is 11.7. The van der Waals surface area contributed by atoms with Gasteiger partial charge in [-0.3, -0.25) is 4.79 Å². The third-order valence-corrected chi connectivity index (χ3v) is 9.82. The van der Waals surface area contributed by atoms with E-state index >= 15 is 0 Å². The fourth-order valence-electron chi connectivity index (χ4n) is 5.26. The Labute approximate surface area is 229 Å². The molecule has 37 heavy (non-hydrogen) atoms. The van der Waals surface area contributed by atoms with Gasteiger partial charge in [-0.15, -0.1) is 11.3 Å². The van der Waals surface area contributed by atoms with Gasteiger partial charge in [0, 0.05) is 42.1 Å². The zero-order chi connectivity index (χ0) is 26.7. The Balaban J connectivity index is 1.62. The number of hydrogen-bond acceptors (Lipinski definition) is 5. The molecule has 0 spiro atoms. The Morgan fingerprint density at radius 2 is 1.81 bits per heavy atom. The van der Waals surface area contributed by atoms with Gasteiger partial charge in [0.05, 0.1) is 10.6 Å². The summed E-state index contributed by atoms with van der Waals surface area (Å²) in [6.07, 6.45) is 11.3. The van der Waals surface area contributed by atoms with Gasteiger partial charge in [-0.1, -0.05) is 30.5 Å². The normalized spacial score (nSPS) is 24.2. The molecule has 0 radical (unpaired) electrons. The highest BCUT2D eigenvalue weighted by atomic mass is 32.2. The summed E-state index contributed by atoms with van der Waals surface area (Å²) >= 11 is 2.99. The van der Waals surface area contributed by atoms with E-state index in [9.17, 15) is 14.7 Å². The number of thiophene rings is 1. The molecule has 4 rings (SSSR count). The molecular weight excluding hydrogens is 502 g/mol. The molecule has 2 aliphatic carbocycles. The fourth-order valence-corrected chi connectivity index (χ4v) is 7.26. The summed E-state index contributed by atoms with van der Waals surface area (Å²) < 4.78 is 2.04. The number of carbonyl (C=O) groups excluding carboxylic acids is 1. The summed E-state index contributed by atoms with van der Waals surface area (Å²) in [6, 6.07) is 1.85. The van der Waals surface area contributed by atoms with Gasteiger partial charge >= 0.3 is 5.97 Å². The number of carboxylic acids is 1. The molecule has 8 heteroatoms. The number of anilines is 1. The van der Waals surface area contributed by atoms with Crippen LogP contribution in [0, 0.1) is 29.1 Å². The van der Waals surface area contributed by atoms with Crippen LogP contribution in [0.15, 0.2) is 23.6 Å². The van der Waals surface area contributed by atoms with Crippen LogP contribution in [0.3, 0.4) is 0 Å². The van der Waals surface area contributed by atoms with Crippen molar-refractivity contribution in [1.29, 1.82) is 0 Å². The quantitative estimate of drug-likeness (QED) is 0.405. The molecule has 0 saturated heterocycles. The number of hydrogen-bond donors (Lipinski definition) is 1. The largest absolute Gasteiger partial charge is 0.477 e. The van der Waals surface area contributed by atoms with Crippen molar-refractivity contribution >= 4 is 40.7 Å². The first-order valence-corrected chi connectivity index (χ1v) is 15.1. The lowest BCUT2D eigenvalue weighted by molar-refractivity contribution is -0.124. The van der Waals surface area contributed by atoms with Crippen molar-refractivity contribution in [1.82, 2.24) is 9.55 Å². The van der Waals surface area contributed by atoms with E-state index in [1.165, 1.54) is 11.3 Å². The fraction of sp³-hybridized carbons (Fsp3) is 0.621. The Kier molecular flexibility index (Phi) is 8.75. The number of aryl methyl sites for hydroxylation is 1. The van der Waals surface area contributed by atoms with Crippen molar-refractivity contribution in [2.45, 2.75) is 95.5 Å². The van der Waals surface area contributed by atoms with Crippen LogP contribution in [-0.2, 0) is 11.8 Å². The van der Waals surface area contributed by atoms with Gasteiger partial charge in [-0.2, -0.15) is 0 Å². The van der Waals surface area contributed by atoms with Crippen molar-refractivity contribution in [2.75, 3.05) is 4.90 Å². The molecule has 0 atom stereocenters. The van der Waals surface area contributed by atoms with Crippen LogP contribution >= 0.6 is 23.1 Å². The molecule has 0 unspecified atom stereocenters. The molecule has 1 amide bonds. The van der Waals surface area contributed by atoms with Crippen LogP contribution in [0.25, 0.3) is 0 Å². The Hall–Kier alpha value is -2.24. The molecule has 0 aromatic carbocycles. The average molecular weight is 542 g/mol. The van der Waals surface area contributed by atoms with Crippen LogP contribution in [0.4, 0.5) is 5.69 Å². The number of aromatic carboxylic acids is 1. The SMILES string of the molecule is CC1CCC(C(=O)N(c2cc(C#CC(C)(C)C)sc2C(=O)O)C2CCC(Sc3nccn3C)CC2)CC1. The van der Waals surface area contributed by atoms with E-state index in [2.05, 4.69) is 23.7 Å². The lowest BCUT2D eigenvalue weighted by atomic mass is 9.81. The highest BCUT2D eigenvalue weighted by Crippen LogP contribution is 2.41. The van der Waals surface area contributed by atoms with Gasteiger partial charge in [0.2, 0.25) is 5.91 Å². The number of amides is 1. The second-order valence-corrected chi connectivity index (χ2v) is 14.0. The summed E-state index contributed by atoms with van der Waals surface area (Å²) in [4.78, 5) is 33.7. The lowest BCUT2D eigenvalue weighted by Gasteiger charge is -2.39. The topological polar surface area (TPSA) is 75.4 Å². The molecule has 2 aromatic heterocycles. The maximum atomic E-state index is 14.1. The summed E-state index contributed by atoms with van der Waals surface area (Å²) in [6.45, 7) is 8.36. The van der Waals surface area contributed by atoms with E-state index in [1.54, 1.807) is 11.8 Å². The van der Waals surface area contributed by atoms with Gasteiger partial charge in [-0.25, -0.2) is 9.78 Å². The minimum absolute atomic E-state index is 0.00111. The maximum absolute atomic E-state index is 14.1. The van der Waals surface area contributed by atoms with Gasteiger partial charge < -0.3 is 14.6 Å². The summed E-state index contributed by atoms with van der Waals surface area (Å²) in [5.74, 6) is 6.11. The molecule has 200 valence electrons. The number of carbonyl (C=O) groups is 2. The monoisotopic (exact) mass is 541 g/mol. The first-order valence-electron chi connectivity index (χ1n) is 13.4. The Morgan fingerprint density at radius 3 is 2.38 bits per heavy atom. The zero-order valence-corrected chi connectivity index (χ0v) is 24.3. The van der Waals surface area contributed by atoms with E-state index in [1.807, 2.05) is 55.7 Å². The molecule has 2 aliphatic rings. The lowest BCUT2D eigenvalue weighted by Crippen LogP contribution is -2.46. The molecule has 2 heterocycles. The number of aromatic nitrogens is 2. The molecule has 2 saturated carbocycles. The van der Waals surface area contributed by atoms with Crippen LogP contribution in [0.1, 0.15) is 93.6 Å². The van der Waals surface area contributed by atoms with Crippen molar-refractivity contribution < 1.29 is 14.7 Å². The smallest absolute Gasteiger partial charge is 0.348 e. The molecular formula is C29H39N3O3S2. The van der Waals surface area contributed by atoms with E-state index in [4.69, 9.17) is 0 Å². The van der Waals surface area contributed by atoms with Gasteiger partial charge in [-0.05, 0) is 84.1 Å². The Morgan fingerprint density at radius 1 is 1.14 bits per heavy atom. The van der Waals surface area contributed by atoms with Crippen molar-refractivity contribution in [3.8, 4) is 11.8 Å². The Bertz CT molecular complexity index is 1170. The van der Waals surface area contributed by atoms with E-state index < -0.39 is 5.97 Å². The summed E-state index contributed by atoms with van der Waals surface area (Å²) in [5, 5.41) is 11.6. The third kappa shape index (κ3) is 7.00. The van der Waals surface area contributed by atoms with Crippen molar-refractivity contribution in [2.24, 2.45) is 24.3 Å². The van der Waals surface area contributed by atoms with E-state index in [0.717, 1.165) is 56.5 Å². The molecule has 2 fully saturated rings. The molecule has 2 aromatic rings. The highest BCUT2D eigenvalue weighted by Gasteiger charge is 2.37. The number of rotatable bonds is 6. The minimum atomic E-state index is -0.988. The first kappa shape index (κ1) is 27.8. The maximum Gasteiger partial charge on any atom is 0.348 e. The first-order chi connectivity index (χ1) is 17.5. The van der Waals surface area contributed by atoms with Crippen molar-refractivity contribution in [3.05, 3.63) is 28.2 Å². The van der Waals surface area contributed by atoms with E-state index in [-0.39, 0.29) is 28.2 Å². The van der Waals surface area contributed by atoms with Crippen LogP contribution in [-0.4, -0.2) is 37.8 Å². The minimum Gasteiger partial charge on any atom is -0.477 e. The number of thioether (sulfide) groups is 1. The van der Waals surface area contributed by atoms with E-state index in [0.29, 0.717) is 21.7 Å². The molecule has 0 aliphatic heterocycles. The zero-order valence-electron chi connectivity index (χ0n) is 22.6. The molecule has 1 N–H and O–H groups in total. The number of nitrogens with zero attached hydrogens (tertiary/aromatic N) is 3.